The zero-order chi connectivity index (χ0) is 10.8. The van der Waals surface area contributed by atoms with Crippen molar-refractivity contribution in [3.63, 3.8) is 0 Å². The molecule has 5 heteroatoms. The Morgan fingerprint density at radius 2 is 2.07 bits per heavy atom. The van der Waals surface area contributed by atoms with Crippen LogP contribution in [0, 0.1) is 6.92 Å². The molecular formula is C9H12O4S. The first-order chi connectivity index (χ1) is 6.47. The third-order valence-electron chi connectivity index (χ3n) is 1.70. The van der Waals surface area contributed by atoms with Gasteiger partial charge in [-0.05, 0) is 37.6 Å². The molecule has 0 bridgehead atoms. The van der Waals surface area contributed by atoms with Crippen LogP contribution in [0.15, 0.2) is 23.1 Å². The molecule has 0 radical (unpaired) electrons. The van der Waals surface area contributed by atoms with E-state index in [1.807, 2.05) is 0 Å². The summed E-state index contributed by atoms with van der Waals surface area (Å²) in [5, 5.41) is 9.10. The second-order valence-corrected chi connectivity index (χ2v) is 4.39. The summed E-state index contributed by atoms with van der Waals surface area (Å²) in [6.07, 6.45) is 0. The van der Waals surface area contributed by atoms with Crippen LogP contribution in [0.1, 0.15) is 12.5 Å². The number of aromatic hydroxyl groups is 1. The molecule has 0 spiro atoms. The Morgan fingerprint density at radius 3 is 2.57 bits per heavy atom. The van der Waals surface area contributed by atoms with Gasteiger partial charge in [0.25, 0.3) is 10.1 Å². The van der Waals surface area contributed by atoms with E-state index in [4.69, 9.17) is 5.11 Å². The smallest absolute Gasteiger partial charge is 0.297 e. The summed E-state index contributed by atoms with van der Waals surface area (Å²) in [7, 11) is -3.67. The van der Waals surface area contributed by atoms with Crippen LogP contribution in [0.2, 0.25) is 0 Å². The fourth-order valence-electron chi connectivity index (χ4n) is 1.13. The van der Waals surface area contributed by atoms with Crippen molar-refractivity contribution in [3.8, 4) is 5.75 Å². The predicted octanol–water partition coefficient (Wildman–Crippen LogP) is 1.43. The Morgan fingerprint density at radius 1 is 1.43 bits per heavy atom. The van der Waals surface area contributed by atoms with E-state index >= 15 is 0 Å². The quantitative estimate of drug-likeness (QED) is 0.776. The summed E-state index contributed by atoms with van der Waals surface area (Å²) in [4.78, 5) is 0.0946. The maximum atomic E-state index is 11.5. The van der Waals surface area contributed by atoms with Gasteiger partial charge < -0.3 is 5.11 Å². The highest BCUT2D eigenvalue weighted by atomic mass is 32.2. The van der Waals surface area contributed by atoms with Gasteiger partial charge in [-0.1, -0.05) is 0 Å². The minimum absolute atomic E-state index is 0.0398. The molecule has 1 aromatic carbocycles. The molecule has 0 heterocycles. The summed E-state index contributed by atoms with van der Waals surface area (Å²) in [6, 6.07) is 4.03. The van der Waals surface area contributed by atoms with Crippen LogP contribution in [-0.4, -0.2) is 20.1 Å². The number of benzene rings is 1. The fourth-order valence-corrected chi connectivity index (χ4v) is 2.26. The molecule has 1 aromatic rings. The number of rotatable bonds is 3. The lowest BCUT2D eigenvalue weighted by atomic mass is 10.2. The summed E-state index contributed by atoms with van der Waals surface area (Å²) in [5.41, 5.74) is 0.471. The van der Waals surface area contributed by atoms with E-state index in [1.165, 1.54) is 18.2 Å². The van der Waals surface area contributed by atoms with Crippen LogP contribution < -0.4 is 0 Å². The number of aryl methyl sites for hydroxylation is 1. The van der Waals surface area contributed by atoms with Crippen molar-refractivity contribution in [2.75, 3.05) is 6.61 Å². The highest BCUT2D eigenvalue weighted by molar-refractivity contribution is 7.86. The molecule has 0 aromatic heterocycles. The molecule has 4 nitrogen and oxygen atoms in total. The Hall–Kier alpha value is -1.07. The largest absolute Gasteiger partial charge is 0.508 e. The minimum Gasteiger partial charge on any atom is -0.508 e. The average molecular weight is 216 g/mol. The van der Waals surface area contributed by atoms with Crippen LogP contribution in [0.25, 0.3) is 0 Å². The Balaban J connectivity index is 3.20. The first-order valence-corrected chi connectivity index (χ1v) is 5.57. The number of phenolic OH excluding ortho intramolecular Hbond substituents is 1. The van der Waals surface area contributed by atoms with E-state index < -0.39 is 10.1 Å². The summed E-state index contributed by atoms with van der Waals surface area (Å²) in [5.74, 6) is 0.0398. The SMILES string of the molecule is CCOS(=O)(=O)c1ccc(O)cc1C. The van der Waals surface area contributed by atoms with Gasteiger partial charge in [0, 0.05) is 0 Å². The van der Waals surface area contributed by atoms with Gasteiger partial charge >= 0.3 is 0 Å². The third-order valence-corrected chi connectivity index (χ3v) is 3.24. The average Bonchev–Trinajstić information content (AvgIpc) is 2.02. The normalized spacial score (nSPS) is 11.6. The number of hydrogen-bond donors (Lipinski definition) is 1. The lowest BCUT2D eigenvalue weighted by Gasteiger charge is -2.06. The molecule has 1 N–H and O–H groups in total. The highest BCUT2D eigenvalue weighted by Gasteiger charge is 2.16. The molecule has 0 saturated heterocycles. The third kappa shape index (κ3) is 2.24. The van der Waals surface area contributed by atoms with E-state index in [-0.39, 0.29) is 17.3 Å². The second kappa shape index (κ2) is 3.98. The molecule has 0 atom stereocenters. The first-order valence-electron chi connectivity index (χ1n) is 4.16. The molecule has 0 aliphatic carbocycles. The van der Waals surface area contributed by atoms with Gasteiger partial charge in [-0.25, -0.2) is 0 Å². The van der Waals surface area contributed by atoms with Gasteiger partial charge in [-0.2, -0.15) is 8.42 Å². The lowest BCUT2D eigenvalue weighted by molar-refractivity contribution is 0.337. The predicted molar refractivity (Wildman–Crippen MR) is 51.7 cm³/mol. The fraction of sp³-hybridized carbons (Fsp3) is 0.333. The van der Waals surface area contributed by atoms with E-state index in [9.17, 15) is 8.42 Å². The monoisotopic (exact) mass is 216 g/mol. The molecule has 0 aliphatic heterocycles. The molecule has 14 heavy (non-hydrogen) atoms. The molecule has 0 fully saturated rings. The molecule has 0 unspecified atom stereocenters. The van der Waals surface area contributed by atoms with Crippen molar-refractivity contribution in [1.82, 2.24) is 0 Å². The summed E-state index contributed by atoms with van der Waals surface area (Å²) >= 11 is 0. The zero-order valence-corrected chi connectivity index (χ0v) is 8.84. The molecular weight excluding hydrogens is 204 g/mol. The number of hydrogen-bond acceptors (Lipinski definition) is 4. The Kier molecular flexibility index (Phi) is 3.13. The summed E-state index contributed by atoms with van der Waals surface area (Å²) in [6.45, 7) is 3.31. The van der Waals surface area contributed by atoms with E-state index in [1.54, 1.807) is 13.8 Å². The zero-order valence-electron chi connectivity index (χ0n) is 8.02. The van der Waals surface area contributed by atoms with Crippen molar-refractivity contribution in [2.45, 2.75) is 18.7 Å². The van der Waals surface area contributed by atoms with Crippen molar-refractivity contribution in [2.24, 2.45) is 0 Å². The maximum Gasteiger partial charge on any atom is 0.297 e. The molecule has 0 saturated carbocycles. The highest BCUT2D eigenvalue weighted by Crippen LogP contribution is 2.21. The van der Waals surface area contributed by atoms with Crippen molar-refractivity contribution in [1.29, 1.82) is 0 Å². The lowest BCUT2D eigenvalue weighted by Crippen LogP contribution is -2.07. The summed E-state index contributed by atoms with van der Waals surface area (Å²) < 4.78 is 27.5. The number of phenols is 1. The van der Waals surface area contributed by atoms with Gasteiger partial charge in [0.05, 0.1) is 11.5 Å². The van der Waals surface area contributed by atoms with Gasteiger partial charge in [0.1, 0.15) is 5.75 Å². The van der Waals surface area contributed by atoms with Crippen molar-refractivity contribution in [3.05, 3.63) is 23.8 Å². The van der Waals surface area contributed by atoms with Crippen molar-refractivity contribution < 1.29 is 17.7 Å². The molecule has 0 amide bonds. The standard InChI is InChI=1S/C9H12O4S/c1-3-13-14(11,12)9-5-4-8(10)6-7(9)2/h4-6,10H,3H2,1-2H3. The van der Waals surface area contributed by atoms with Gasteiger partial charge in [-0.3, -0.25) is 4.18 Å². The van der Waals surface area contributed by atoms with Gasteiger partial charge in [-0.15, -0.1) is 0 Å². The van der Waals surface area contributed by atoms with Crippen LogP contribution >= 0.6 is 0 Å². The Bertz CT molecular complexity index is 422. The molecule has 1 rings (SSSR count). The van der Waals surface area contributed by atoms with Crippen LogP contribution in [0.3, 0.4) is 0 Å². The maximum absolute atomic E-state index is 11.5. The Labute approximate surface area is 83.3 Å². The van der Waals surface area contributed by atoms with Crippen molar-refractivity contribution >= 4 is 10.1 Å². The van der Waals surface area contributed by atoms with Crippen LogP contribution in [0.4, 0.5) is 0 Å². The topological polar surface area (TPSA) is 63.6 Å². The van der Waals surface area contributed by atoms with Crippen LogP contribution in [-0.2, 0) is 14.3 Å². The van der Waals surface area contributed by atoms with E-state index in [0.717, 1.165) is 0 Å². The van der Waals surface area contributed by atoms with Crippen LogP contribution in [0.5, 0.6) is 5.75 Å². The second-order valence-electron chi connectivity index (χ2n) is 2.81. The first kappa shape index (κ1) is 11.0. The molecule has 0 aliphatic rings. The van der Waals surface area contributed by atoms with E-state index in [2.05, 4.69) is 4.18 Å². The minimum atomic E-state index is -3.67. The van der Waals surface area contributed by atoms with E-state index in [0.29, 0.717) is 5.56 Å². The molecule has 78 valence electrons. The van der Waals surface area contributed by atoms with Gasteiger partial charge in [0.15, 0.2) is 0 Å². The van der Waals surface area contributed by atoms with Gasteiger partial charge in [0.2, 0.25) is 0 Å².